The van der Waals surface area contributed by atoms with Crippen molar-refractivity contribution in [3.63, 3.8) is 0 Å². The summed E-state index contributed by atoms with van der Waals surface area (Å²) < 4.78 is 0. The van der Waals surface area contributed by atoms with Crippen LogP contribution >= 0.6 is 0 Å². The summed E-state index contributed by atoms with van der Waals surface area (Å²) in [5.41, 5.74) is 9.41. The molecule has 2 saturated carbocycles. The van der Waals surface area contributed by atoms with Gasteiger partial charge < -0.3 is 5.73 Å². The molecule has 0 radical (unpaired) electrons. The van der Waals surface area contributed by atoms with Crippen molar-refractivity contribution in [1.29, 1.82) is 0 Å². The van der Waals surface area contributed by atoms with Gasteiger partial charge in [-0.05, 0) is 62.0 Å². The van der Waals surface area contributed by atoms with Crippen molar-refractivity contribution in [1.82, 2.24) is 0 Å². The van der Waals surface area contributed by atoms with Crippen LogP contribution in [0.4, 0.5) is 0 Å². The van der Waals surface area contributed by atoms with Crippen LogP contribution in [0.2, 0.25) is 0 Å². The van der Waals surface area contributed by atoms with Gasteiger partial charge in [-0.3, -0.25) is 0 Å². The van der Waals surface area contributed by atoms with Crippen LogP contribution in [0.15, 0.2) is 35.5 Å². The molecule has 0 saturated heterocycles. The Morgan fingerprint density at radius 2 is 1.84 bits per heavy atom. The van der Waals surface area contributed by atoms with Gasteiger partial charge >= 0.3 is 0 Å². The summed E-state index contributed by atoms with van der Waals surface area (Å²) in [4.78, 5) is 0. The lowest BCUT2D eigenvalue weighted by Gasteiger charge is -2.35. The lowest BCUT2D eigenvalue weighted by atomic mass is 9.70. The molecular formula is C18H29N. The summed E-state index contributed by atoms with van der Waals surface area (Å²) in [5.74, 6) is 1.70. The fraction of sp³-hybridized carbons (Fsp3) is 0.667. The fourth-order valence-corrected chi connectivity index (χ4v) is 3.54. The van der Waals surface area contributed by atoms with E-state index in [2.05, 4.69) is 38.2 Å². The highest BCUT2D eigenvalue weighted by Gasteiger charge is 2.33. The first-order valence-electron chi connectivity index (χ1n) is 8.06. The van der Waals surface area contributed by atoms with Gasteiger partial charge in [0.2, 0.25) is 0 Å². The van der Waals surface area contributed by atoms with Crippen LogP contribution in [0.1, 0.15) is 58.8 Å². The van der Waals surface area contributed by atoms with E-state index in [4.69, 9.17) is 5.73 Å². The first-order chi connectivity index (χ1) is 9.27. The van der Waals surface area contributed by atoms with Gasteiger partial charge in [0.25, 0.3) is 0 Å². The van der Waals surface area contributed by atoms with Gasteiger partial charge in [0.05, 0.1) is 0 Å². The molecule has 19 heavy (non-hydrogen) atoms. The summed E-state index contributed by atoms with van der Waals surface area (Å²) in [5, 5.41) is 0. The molecule has 2 aliphatic rings. The molecule has 2 fully saturated rings. The lowest BCUT2D eigenvalue weighted by molar-refractivity contribution is 0.224. The average molecular weight is 259 g/mol. The maximum absolute atomic E-state index is 6.42. The third kappa shape index (κ3) is 3.39. The van der Waals surface area contributed by atoms with Gasteiger partial charge in [0.15, 0.2) is 0 Å². The van der Waals surface area contributed by atoms with Crippen molar-refractivity contribution in [3.05, 3.63) is 35.5 Å². The van der Waals surface area contributed by atoms with Crippen LogP contribution in [-0.2, 0) is 0 Å². The van der Waals surface area contributed by atoms with Gasteiger partial charge in [-0.1, -0.05) is 44.1 Å². The Morgan fingerprint density at radius 1 is 1.11 bits per heavy atom. The van der Waals surface area contributed by atoms with E-state index in [0.29, 0.717) is 0 Å². The molecule has 2 rings (SSSR count). The average Bonchev–Trinajstić information content (AvgIpc) is 2.47. The zero-order valence-electron chi connectivity index (χ0n) is 12.6. The van der Waals surface area contributed by atoms with Crippen molar-refractivity contribution < 1.29 is 0 Å². The summed E-state index contributed by atoms with van der Waals surface area (Å²) in [6.45, 7) is 4.32. The quantitative estimate of drug-likeness (QED) is 0.727. The number of nitrogens with two attached hydrogens (primary N) is 1. The second kappa shape index (κ2) is 7.09. The molecule has 0 bridgehead atoms. The van der Waals surface area contributed by atoms with Crippen LogP contribution in [0, 0.1) is 11.8 Å². The lowest BCUT2D eigenvalue weighted by Crippen LogP contribution is -2.27. The highest BCUT2D eigenvalue weighted by Crippen LogP contribution is 2.44. The highest BCUT2D eigenvalue weighted by atomic mass is 14.6. The number of rotatable bonds is 3. The van der Waals surface area contributed by atoms with E-state index >= 15 is 0 Å². The second-order valence-electron chi connectivity index (χ2n) is 6.05. The van der Waals surface area contributed by atoms with E-state index in [0.717, 1.165) is 24.7 Å². The molecule has 0 aliphatic heterocycles. The molecule has 0 aromatic rings. The van der Waals surface area contributed by atoms with E-state index in [1.807, 2.05) is 0 Å². The maximum Gasteiger partial charge on any atom is 0.0297 e. The highest BCUT2D eigenvalue weighted by molar-refractivity contribution is 5.40. The van der Waals surface area contributed by atoms with Crippen molar-refractivity contribution in [2.45, 2.75) is 64.8 Å². The Kier molecular flexibility index (Phi) is 5.45. The minimum Gasteiger partial charge on any atom is -0.324 e. The minimum atomic E-state index is 0.235. The molecule has 1 heteroatoms. The zero-order chi connectivity index (χ0) is 13.7. The second-order valence-corrected chi connectivity index (χ2v) is 6.05. The van der Waals surface area contributed by atoms with Crippen LogP contribution in [0.3, 0.4) is 0 Å². The fourth-order valence-electron chi connectivity index (χ4n) is 3.54. The number of allylic oxidation sites excluding steroid dienone is 4. The van der Waals surface area contributed by atoms with Gasteiger partial charge in [0.1, 0.15) is 0 Å². The third-order valence-electron chi connectivity index (χ3n) is 4.77. The van der Waals surface area contributed by atoms with Gasteiger partial charge in [0, 0.05) is 6.04 Å². The van der Waals surface area contributed by atoms with Crippen molar-refractivity contribution in [2.75, 3.05) is 0 Å². The number of hydrogen-bond donors (Lipinski definition) is 1. The number of hydrogen-bond acceptors (Lipinski definition) is 1. The van der Waals surface area contributed by atoms with Crippen LogP contribution in [0.25, 0.3) is 0 Å². The standard InChI is InChI=1S/C18H29N/c1-3-5-11-17-16(8-4-2)15(14-9-6-10-14)12-7-13-18(17)19/h3,5,8,11,14-15,18H,4,6-7,9-10,12-13,19H2,1-2H3/b5-3-,16-8+,17-11+. The molecule has 1 nitrogen and oxygen atoms in total. The van der Waals surface area contributed by atoms with Gasteiger partial charge in [-0.2, -0.15) is 0 Å². The Bertz CT molecular complexity index is 371. The third-order valence-corrected chi connectivity index (χ3v) is 4.77. The Morgan fingerprint density at radius 3 is 2.42 bits per heavy atom. The predicted octanol–water partition coefficient (Wildman–Crippen LogP) is 4.75. The molecular weight excluding hydrogens is 230 g/mol. The molecule has 2 aliphatic carbocycles. The normalized spacial score (nSPS) is 33.8. The predicted molar refractivity (Wildman–Crippen MR) is 83.9 cm³/mol. The summed E-state index contributed by atoms with van der Waals surface area (Å²) in [6.07, 6.45) is 18.2. The van der Waals surface area contributed by atoms with Crippen LogP contribution < -0.4 is 5.73 Å². The molecule has 106 valence electrons. The summed E-state index contributed by atoms with van der Waals surface area (Å²) in [7, 11) is 0. The van der Waals surface area contributed by atoms with E-state index in [-0.39, 0.29) is 6.04 Å². The van der Waals surface area contributed by atoms with E-state index in [1.54, 1.807) is 5.57 Å². The first-order valence-corrected chi connectivity index (χ1v) is 8.06. The smallest absolute Gasteiger partial charge is 0.0297 e. The molecule has 0 spiro atoms. The SMILES string of the molecule is C\C=C/C=C1\C(=C\CC)C(C2CCC2)CCCC1N. The minimum absolute atomic E-state index is 0.235. The van der Waals surface area contributed by atoms with E-state index in [9.17, 15) is 0 Å². The summed E-state index contributed by atoms with van der Waals surface area (Å²) in [6, 6.07) is 0.235. The van der Waals surface area contributed by atoms with E-state index in [1.165, 1.54) is 37.7 Å². The largest absolute Gasteiger partial charge is 0.324 e. The monoisotopic (exact) mass is 259 g/mol. The van der Waals surface area contributed by atoms with Crippen LogP contribution in [0.5, 0.6) is 0 Å². The van der Waals surface area contributed by atoms with Gasteiger partial charge in [-0.15, -0.1) is 0 Å². The molecule has 2 N–H and O–H groups in total. The van der Waals surface area contributed by atoms with Crippen LogP contribution in [-0.4, -0.2) is 6.04 Å². The topological polar surface area (TPSA) is 26.0 Å². The van der Waals surface area contributed by atoms with E-state index < -0.39 is 0 Å². The molecule has 0 aromatic carbocycles. The van der Waals surface area contributed by atoms with Crippen molar-refractivity contribution in [2.24, 2.45) is 17.6 Å². The molecule has 0 heterocycles. The molecule has 0 amide bonds. The first kappa shape index (κ1) is 14.6. The Labute approximate surface area is 118 Å². The maximum atomic E-state index is 6.42. The molecule has 0 aromatic heterocycles. The zero-order valence-corrected chi connectivity index (χ0v) is 12.6. The van der Waals surface area contributed by atoms with Gasteiger partial charge in [-0.25, -0.2) is 0 Å². The molecule has 2 unspecified atom stereocenters. The Balaban J connectivity index is 2.31. The summed E-state index contributed by atoms with van der Waals surface area (Å²) >= 11 is 0. The Hall–Kier alpha value is -0.820. The van der Waals surface area contributed by atoms with Crippen molar-refractivity contribution in [3.8, 4) is 0 Å². The molecule has 2 atom stereocenters. The van der Waals surface area contributed by atoms with Crippen molar-refractivity contribution >= 4 is 0 Å².